The fraction of sp³-hybridized carbons (Fsp3) is 0.381. The molecular weight excluding hydrogens is 2120 g/mol. The van der Waals surface area contributed by atoms with Gasteiger partial charge in [-0.3, -0.25) is 24.5 Å². The fourth-order valence-corrected chi connectivity index (χ4v) is 22.4. The van der Waals surface area contributed by atoms with Crippen molar-refractivity contribution in [1.82, 2.24) is 24.5 Å². The summed E-state index contributed by atoms with van der Waals surface area (Å²) in [6, 6.07) is 56.6. The van der Waals surface area contributed by atoms with Crippen LogP contribution in [-0.4, -0.2) is 230 Å². The average molecular weight is 2250 g/mol. The summed E-state index contributed by atoms with van der Waals surface area (Å²) in [6.07, 6.45) is 9.66. The van der Waals surface area contributed by atoms with Gasteiger partial charge in [0.15, 0.2) is 17.2 Å². The van der Waals surface area contributed by atoms with E-state index in [1.54, 1.807) is 150 Å². The number of methoxy groups -OCH3 is 5. The van der Waals surface area contributed by atoms with E-state index in [1.807, 2.05) is 40.7 Å². The first-order valence-electron chi connectivity index (χ1n) is 48.2. The molecule has 5 heterocycles. The van der Waals surface area contributed by atoms with Gasteiger partial charge in [-0.1, -0.05) is 117 Å². The third-order valence-corrected chi connectivity index (χ3v) is 31.3. The Morgan fingerprint density at radius 3 is 0.769 bits per heavy atom. The number of hydrogen-bond acceptors (Lipinski definition) is 25. The van der Waals surface area contributed by atoms with Crippen LogP contribution in [0.5, 0.6) is 57.5 Å². The zero-order valence-corrected chi connectivity index (χ0v) is 92.1. The molecule has 10 amide bonds. The van der Waals surface area contributed by atoms with E-state index in [0.717, 1.165) is 88.5 Å². The molecule has 10 aromatic rings. The van der Waals surface area contributed by atoms with Gasteiger partial charge < -0.3 is 69.1 Å². The van der Waals surface area contributed by atoms with Crippen molar-refractivity contribution in [3.8, 4) is 57.5 Å². The Kier molecular flexibility index (Phi) is 41.1. The number of anilines is 5. The zero-order valence-electron chi connectivity index (χ0n) is 84.9. The lowest BCUT2D eigenvalue weighted by atomic mass is 10.2. The summed E-state index contributed by atoms with van der Waals surface area (Å²) < 4.78 is 179. The topological polar surface area (TPSA) is 381 Å². The highest BCUT2D eigenvalue weighted by atomic mass is 79.9. The van der Waals surface area contributed by atoms with Crippen molar-refractivity contribution in [2.45, 2.75) is 145 Å². The van der Waals surface area contributed by atoms with E-state index in [-0.39, 0.29) is 94.9 Å². The number of carbonyl (C=O) groups excluding carboxylic acids is 5. The van der Waals surface area contributed by atoms with Gasteiger partial charge in [0.1, 0.15) is 59.0 Å². The summed E-state index contributed by atoms with van der Waals surface area (Å²) in [5.74, 6) is 3.54. The minimum Gasteiger partial charge on any atom is -0.497 e. The van der Waals surface area contributed by atoms with Crippen molar-refractivity contribution < 1.29 is 111 Å². The molecule has 15 rings (SSSR count). The molecule has 792 valence electrons. The van der Waals surface area contributed by atoms with Crippen molar-refractivity contribution in [3.63, 3.8) is 0 Å². The highest BCUT2D eigenvalue weighted by Gasteiger charge is 2.37. The predicted octanol–water partition coefficient (Wildman–Crippen LogP) is 20.5. The summed E-state index contributed by atoms with van der Waals surface area (Å²) in [5.41, 5.74) is 5.18. The molecule has 5 fully saturated rings. The second-order valence-electron chi connectivity index (χ2n) is 35.7. The number of rotatable bonds is 41. The molecule has 5 aliphatic rings. The smallest absolute Gasteiger partial charge is 0.339 e. The van der Waals surface area contributed by atoms with Gasteiger partial charge in [0.05, 0.1) is 44.5 Å². The Bertz CT molecular complexity index is 6580. The zero-order chi connectivity index (χ0) is 107. The van der Waals surface area contributed by atoms with Gasteiger partial charge in [-0.25, -0.2) is 24.0 Å². The molecule has 35 nitrogen and oxygen atoms in total. The second-order valence-corrected chi connectivity index (χ2v) is 45.1. The second kappa shape index (κ2) is 52.7. The molecule has 0 atom stereocenters. The predicted molar refractivity (Wildman–Crippen MR) is 571 cm³/mol. The maximum Gasteiger partial charge on any atom is 0.339 e. The van der Waals surface area contributed by atoms with Gasteiger partial charge in [0.2, 0.25) is 5.75 Å². The molecule has 0 radical (unpaired) electrons. The van der Waals surface area contributed by atoms with Crippen LogP contribution in [0, 0.1) is 25.7 Å². The van der Waals surface area contributed by atoms with E-state index >= 15 is 0 Å². The summed E-state index contributed by atoms with van der Waals surface area (Å²) in [5, 5.41) is 0. The first-order chi connectivity index (χ1) is 70.1. The maximum atomic E-state index is 12.8. The van der Waals surface area contributed by atoms with E-state index in [4.69, 9.17) is 44.6 Å². The van der Waals surface area contributed by atoms with Gasteiger partial charge >= 0.3 is 80.7 Å². The fourth-order valence-electron chi connectivity index (χ4n) is 16.3. The van der Waals surface area contributed by atoms with Crippen LogP contribution in [0.2, 0.25) is 0 Å². The van der Waals surface area contributed by atoms with Gasteiger partial charge in [0.25, 0.3) is 0 Å². The molecule has 42 heteroatoms. The van der Waals surface area contributed by atoms with Crippen LogP contribution in [0.15, 0.2) is 252 Å². The molecule has 0 aromatic heterocycles. The number of unbranched alkanes of at least 4 members (excludes halogenated alkanes) is 6. The highest BCUT2D eigenvalue weighted by Crippen LogP contribution is 2.43. The number of benzene rings is 10. The van der Waals surface area contributed by atoms with Crippen molar-refractivity contribution >= 4 is 141 Å². The number of halogens is 2. The minimum absolute atomic E-state index is 0.00000425. The van der Waals surface area contributed by atoms with Crippen LogP contribution in [0.1, 0.15) is 117 Å². The third kappa shape index (κ3) is 31.0. The lowest BCUT2D eigenvalue weighted by molar-refractivity contribution is 0.214. The van der Waals surface area contributed by atoms with Crippen LogP contribution in [0.3, 0.4) is 0 Å². The largest absolute Gasteiger partial charge is 0.497 e. The van der Waals surface area contributed by atoms with Crippen LogP contribution >= 0.6 is 31.9 Å². The van der Waals surface area contributed by atoms with Gasteiger partial charge in [-0.15, -0.1) is 0 Å². The van der Waals surface area contributed by atoms with Crippen molar-refractivity contribution in [2.24, 2.45) is 11.8 Å². The number of aryl methyl sites for hydroxylation is 2. The SMILES string of the molecule is CCCCCN1CCN(c2ccc(S(=O)(=O)Oc3cccc(C)c3)cc2)C1=O.CCCCCN1CCN(c2ccc(S(=O)(=O)Oc3cccc(C)c3)cc2)C1=O.CCCCCN1CCN(c2ccc(S(=O)(=O)Oc3cccc(OC)c3)cc2)C1=O.COc1c(Br)cc(OS(=O)(=O)c2ccc(N3CCN(CC(C)C)C3=O)cc2)cc1Br.COc1cc(OS(=O)(=O)c2ccc(N3CCN(CC(C)C)C3=O)cc2)cc(OC)c1OC. The highest BCUT2D eigenvalue weighted by molar-refractivity contribution is 9.11. The molecule has 147 heavy (non-hydrogen) atoms. The quantitative estimate of drug-likeness (QED) is 0.0254. The molecule has 0 spiro atoms. The molecule has 0 bridgehead atoms. The normalized spacial score (nSPS) is 14.4. The van der Waals surface area contributed by atoms with Crippen LogP contribution in [0.25, 0.3) is 0 Å². The Morgan fingerprint density at radius 1 is 0.272 bits per heavy atom. The molecule has 0 saturated carbocycles. The average Bonchev–Trinajstić information content (AvgIpc) is 0.928. The Labute approximate surface area is 880 Å². The summed E-state index contributed by atoms with van der Waals surface area (Å²) in [7, 11) is -12.7. The summed E-state index contributed by atoms with van der Waals surface area (Å²) in [4.78, 5) is 80.5. The molecule has 5 aliphatic heterocycles. The lowest BCUT2D eigenvalue weighted by Crippen LogP contribution is -2.34. The number of carbonyl (C=O) groups is 5. The van der Waals surface area contributed by atoms with Crippen LogP contribution in [-0.2, 0) is 50.6 Å². The van der Waals surface area contributed by atoms with E-state index < -0.39 is 50.6 Å². The number of amides is 10. The summed E-state index contributed by atoms with van der Waals surface area (Å²) >= 11 is 6.65. The van der Waals surface area contributed by atoms with Gasteiger partial charge in [0, 0.05) is 145 Å². The standard InChI is InChI=1S/C22H28N2O7S.C21H26N2O5S.2C21H26N2O4S.C20H22Br2N2O5S/c1-15(2)14-23-10-11-24(22(23)25)16-6-8-18(9-7-16)32(26,27)31-17-12-19(28-3)21(30-5)20(13-17)29-4;1-3-4-5-13-22-14-15-23(21(22)24)17-9-11-20(12-10-17)29(25,26)28-19-8-6-7-18(16-19)27-2;2*1-3-4-5-13-22-14-15-23(21(22)24)18-9-11-20(12-10-18)28(25,26)27-19-8-6-7-17(2)16-19;1-13(2)12-23-8-9-24(20(23)25)14-4-6-16(7-5-14)30(26,27)29-15-10-17(21)19(28-3)18(22)11-15/h6-9,12-13,15H,10-11,14H2,1-5H3;6-12,16H,3-5,13-15H2,1-2H3;2*6-12,16H,3-5,13-15H2,1-2H3;4-7,10-11,13H,8-9,12H2,1-3H3. The molecule has 0 aliphatic carbocycles. The van der Waals surface area contributed by atoms with Crippen LogP contribution < -0.4 is 69.1 Å². The lowest BCUT2D eigenvalue weighted by Gasteiger charge is -2.20. The van der Waals surface area contributed by atoms with Gasteiger partial charge in [-0.2, -0.15) is 42.1 Å². The van der Waals surface area contributed by atoms with E-state index in [1.165, 1.54) is 127 Å². The molecule has 0 unspecified atom stereocenters. The molecular formula is C105H128Br2N10O25S5. The first-order valence-corrected chi connectivity index (χ1v) is 56.9. The van der Waals surface area contributed by atoms with Gasteiger partial charge in [-0.05, 0) is 258 Å². The monoisotopic (exact) mass is 2250 g/mol. The first kappa shape index (κ1) is 115. The Balaban J connectivity index is 0.000000175. The van der Waals surface area contributed by atoms with E-state index in [9.17, 15) is 66.1 Å². The number of nitrogens with zero attached hydrogens (tertiary/aromatic N) is 10. The Hall–Kier alpha value is -12.7. The Morgan fingerprint density at radius 2 is 0.517 bits per heavy atom. The number of ether oxygens (including phenoxy) is 5. The van der Waals surface area contributed by atoms with Crippen molar-refractivity contribution in [2.75, 3.05) is 158 Å². The third-order valence-electron chi connectivity index (χ3n) is 23.8. The van der Waals surface area contributed by atoms with Crippen LogP contribution in [0.4, 0.5) is 52.4 Å². The van der Waals surface area contributed by atoms with E-state index in [2.05, 4.69) is 80.3 Å². The van der Waals surface area contributed by atoms with E-state index in [0.29, 0.717) is 145 Å². The molecule has 0 N–H and O–H groups in total. The summed E-state index contributed by atoms with van der Waals surface area (Å²) in [6.45, 7) is 28.3. The number of hydrogen-bond donors (Lipinski definition) is 0. The van der Waals surface area contributed by atoms with Crippen molar-refractivity contribution in [3.05, 3.63) is 238 Å². The van der Waals surface area contributed by atoms with Crippen molar-refractivity contribution in [1.29, 1.82) is 0 Å². The molecule has 5 saturated heterocycles. The maximum absolute atomic E-state index is 12.8. The molecule has 10 aromatic carbocycles. The number of urea groups is 5. The minimum atomic E-state index is -4.13.